The molecule has 6 heteroatoms. The van der Waals surface area contributed by atoms with Crippen LogP contribution in [0.2, 0.25) is 0 Å². The molecule has 0 aliphatic heterocycles. The van der Waals surface area contributed by atoms with Crippen molar-refractivity contribution < 1.29 is 9.90 Å². The van der Waals surface area contributed by atoms with E-state index in [2.05, 4.69) is 9.97 Å². The van der Waals surface area contributed by atoms with Crippen LogP contribution in [0.25, 0.3) is 6.08 Å². The first kappa shape index (κ1) is 12.0. The van der Waals surface area contributed by atoms with Gasteiger partial charge in [0.1, 0.15) is 0 Å². The Labute approximate surface area is 96.4 Å². The van der Waals surface area contributed by atoms with Gasteiger partial charge in [-0.15, -0.1) is 11.6 Å². The highest BCUT2D eigenvalue weighted by Gasteiger charge is 2.11. The molecule has 1 rings (SSSR count). The third kappa shape index (κ3) is 3.21. The summed E-state index contributed by atoms with van der Waals surface area (Å²) in [5, 5.41) is 9.36. The van der Waals surface area contributed by atoms with Gasteiger partial charge < -0.3 is 5.11 Å². The molecule has 0 fully saturated rings. The number of alkyl halides is 1. The van der Waals surface area contributed by atoms with Gasteiger partial charge in [0.2, 0.25) is 0 Å². The lowest BCUT2D eigenvalue weighted by Crippen LogP contribution is -2.05. The minimum Gasteiger partial charge on any atom is -0.476 e. The maximum Gasteiger partial charge on any atom is 0.355 e. The van der Waals surface area contributed by atoms with Gasteiger partial charge in [-0.05, 0) is 6.26 Å². The van der Waals surface area contributed by atoms with Crippen LogP contribution in [0.15, 0.2) is 17.4 Å². The molecule has 0 aromatic carbocycles. The molecule has 1 N–H and O–H groups in total. The van der Waals surface area contributed by atoms with E-state index in [-0.39, 0.29) is 5.69 Å². The van der Waals surface area contributed by atoms with E-state index < -0.39 is 5.97 Å². The number of allylic oxidation sites excluding steroid dienone is 1. The Morgan fingerprint density at radius 3 is 3.00 bits per heavy atom. The van der Waals surface area contributed by atoms with Crippen LogP contribution in [-0.2, 0) is 0 Å². The average Bonchev–Trinajstić information content (AvgIpc) is 2.26. The SMILES string of the molecule is CSc1ncc(C=CCCl)c(C(=O)O)n1. The fourth-order valence-corrected chi connectivity index (χ4v) is 1.37. The Hall–Kier alpha value is -1.07. The second-order valence-corrected chi connectivity index (χ2v) is 3.60. The van der Waals surface area contributed by atoms with Crippen LogP contribution in [0.5, 0.6) is 0 Å². The number of aromatic nitrogens is 2. The lowest BCUT2D eigenvalue weighted by molar-refractivity contribution is 0.0689. The molecule has 0 aliphatic rings. The first-order valence-electron chi connectivity index (χ1n) is 4.06. The van der Waals surface area contributed by atoms with Crippen LogP contribution in [-0.4, -0.2) is 33.2 Å². The van der Waals surface area contributed by atoms with E-state index in [0.29, 0.717) is 16.6 Å². The predicted octanol–water partition coefficient (Wildman–Crippen LogP) is 2.15. The first-order valence-corrected chi connectivity index (χ1v) is 5.81. The van der Waals surface area contributed by atoms with Gasteiger partial charge in [0.25, 0.3) is 0 Å². The number of carbonyl (C=O) groups is 1. The fraction of sp³-hybridized carbons (Fsp3) is 0.222. The van der Waals surface area contributed by atoms with Crippen molar-refractivity contribution in [2.75, 3.05) is 12.1 Å². The molecule has 0 bridgehead atoms. The van der Waals surface area contributed by atoms with Crippen molar-refractivity contribution in [2.24, 2.45) is 0 Å². The van der Waals surface area contributed by atoms with Crippen molar-refractivity contribution in [2.45, 2.75) is 5.16 Å². The number of rotatable bonds is 4. The zero-order valence-corrected chi connectivity index (χ0v) is 9.55. The van der Waals surface area contributed by atoms with Crippen LogP contribution in [0, 0.1) is 0 Å². The van der Waals surface area contributed by atoms with Crippen LogP contribution in [0.4, 0.5) is 0 Å². The molecule has 0 spiro atoms. The summed E-state index contributed by atoms with van der Waals surface area (Å²) in [5.74, 6) is -0.745. The fourth-order valence-electron chi connectivity index (χ4n) is 0.938. The molecule has 0 saturated heterocycles. The molecule has 15 heavy (non-hydrogen) atoms. The van der Waals surface area contributed by atoms with Gasteiger partial charge in [-0.3, -0.25) is 0 Å². The molecule has 4 nitrogen and oxygen atoms in total. The number of hydrogen-bond acceptors (Lipinski definition) is 4. The summed E-state index contributed by atoms with van der Waals surface area (Å²) in [6, 6.07) is 0. The Morgan fingerprint density at radius 1 is 1.73 bits per heavy atom. The van der Waals surface area contributed by atoms with Crippen molar-refractivity contribution in [3.05, 3.63) is 23.5 Å². The minimum absolute atomic E-state index is 0.00397. The second-order valence-electron chi connectivity index (χ2n) is 2.52. The number of hydrogen-bond donors (Lipinski definition) is 1. The quantitative estimate of drug-likeness (QED) is 0.500. The number of halogens is 1. The molecular formula is C9H9ClN2O2S. The Bertz CT molecular complexity index is 396. The van der Waals surface area contributed by atoms with E-state index in [1.807, 2.05) is 0 Å². The van der Waals surface area contributed by atoms with Crippen molar-refractivity contribution >= 4 is 35.4 Å². The second kappa shape index (κ2) is 5.72. The zero-order valence-electron chi connectivity index (χ0n) is 7.98. The molecule has 0 radical (unpaired) electrons. The van der Waals surface area contributed by atoms with Crippen LogP contribution in [0.1, 0.15) is 16.1 Å². The van der Waals surface area contributed by atoms with Gasteiger partial charge in [-0.1, -0.05) is 23.9 Å². The van der Waals surface area contributed by atoms with Gasteiger partial charge in [-0.25, -0.2) is 14.8 Å². The van der Waals surface area contributed by atoms with Gasteiger partial charge in [0.05, 0.1) is 0 Å². The smallest absolute Gasteiger partial charge is 0.355 e. The lowest BCUT2D eigenvalue weighted by Gasteiger charge is -2.01. The number of nitrogens with zero attached hydrogens (tertiary/aromatic N) is 2. The van der Waals surface area contributed by atoms with Crippen LogP contribution in [0.3, 0.4) is 0 Å². The monoisotopic (exact) mass is 244 g/mol. The van der Waals surface area contributed by atoms with Gasteiger partial charge in [0, 0.05) is 17.6 Å². The molecule has 80 valence electrons. The van der Waals surface area contributed by atoms with E-state index in [0.717, 1.165) is 0 Å². The zero-order chi connectivity index (χ0) is 11.3. The summed E-state index contributed by atoms with van der Waals surface area (Å²) in [5.41, 5.74) is 0.455. The van der Waals surface area contributed by atoms with Gasteiger partial charge in [0.15, 0.2) is 10.9 Å². The average molecular weight is 245 g/mol. The molecule has 1 aromatic heterocycles. The number of carboxylic acid groups (broad SMARTS) is 1. The normalized spacial score (nSPS) is 10.8. The number of carboxylic acids is 1. The summed E-state index contributed by atoms with van der Waals surface area (Å²) < 4.78 is 0. The highest BCUT2D eigenvalue weighted by atomic mass is 35.5. The Kier molecular flexibility index (Phi) is 4.58. The molecule has 1 heterocycles. The Balaban J connectivity index is 3.15. The van der Waals surface area contributed by atoms with Crippen molar-refractivity contribution in [3.8, 4) is 0 Å². The van der Waals surface area contributed by atoms with Crippen molar-refractivity contribution in [1.82, 2.24) is 9.97 Å². The van der Waals surface area contributed by atoms with E-state index in [1.54, 1.807) is 18.4 Å². The van der Waals surface area contributed by atoms with Crippen LogP contribution < -0.4 is 0 Å². The largest absolute Gasteiger partial charge is 0.476 e. The van der Waals surface area contributed by atoms with E-state index >= 15 is 0 Å². The third-order valence-corrected chi connectivity index (χ3v) is 2.31. The molecule has 0 aliphatic carbocycles. The summed E-state index contributed by atoms with van der Waals surface area (Å²) in [7, 11) is 0. The van der Waals surface area contributed by atoms with Crippen molar-refractivity contribution in [3.63, 3.8) is 0 Å². The van der Waals surface area contributed by atoms with E-state index in [4.69, 9.17) is 16.7 Å². The first-order chi connectivity index (χ1) is 7.19. The lowest BCUT2D eigenvalue weighted by atomic mass is 10.2. The van der Waals surface area contributed by atoms with Gasteiger partial charge in [-0.2, -0.15) is 0 Å². The molecular weight excluding hydrogens is 236 g/mol. The maximum absolute atomic E-state index is 10.9. The summed E-state index contributed by atoms with van der Waals surface area (Å²) in [6.45, 7) is 0. The predicted molar refractivity (Wildman–Crippen MR) is 60.5 cm³/mol. The Morgan fingerprint density at radius 2 is 2.47 bits per heavy atom. The standard InChI is InChI=1S/C9H9ClN2O2S/c1-15-9-11-5-6(3-2-4-10)7(12-9)8(13)14/h2-3,5H,4H2,1H3,(H,13,14). The molecule has 0 amide bonds. The molecule has 0 unspecified atom stereocenters. The molecule has 0 saturated carbocycles. The third-order valence-electron chi connectivity index (χ3n) is 1.57. The summed E-state index contributed by atoms with van der Waals surface area (Å²) in [4.78, 5) is 18.8. The van der Waals surface area contributed by atoms with Crippen molar-refractivity contribution in [1.29, 1.82) is 0 Å². The van der Waals surface area contributed by atoms with Crippen LogP contribution >= 0.6 is 23.4 Å². The number of thioether (sulfide) groups is 1. The van der Waals surface area contributed by atoms with Gasteiger partial charge >= 0.3 is 5.97 Å². The topological polar surface area (TPSA) is 63.1 Å². The maximum atomic E-state index is 10.9. The molecule has 1 aromatic rings. The number of aromatic carboxylic acids is 1. The summed E-state index contributed by atoms with van der Waals surface area (Å²) in [6.07, 6.45) is 6.51. The highest BCUT2D eigenvalue weighted by molar-refractivity contribution is 7.98. The van der Waals surface area contributed by atoms with E-state index in [9.17, 15) is 4.79 Å². The highest BCUT2D eigenvalue weighted by Crippen LogP contribution is 2.13. The summed E-state index contributed by atoms with van der Waals surface area (Å²) >= 11 is 6.76. The molecule has 0 atom stereocenters. The van der Waals surface area contributed by atoms with E-state index in [1.165, 1.54) is 18.0 Å². The minimum atomic E-state index is -1.07.